The number of ketones is 1. The lowest BCUT2D eigenvalue weighted by Gasteiger charge is -2.17. The molecule has 0 spiro atoms. The van der Waals surface area contributed by atoms with Gasteiger partial charge in [0.15, 0.2) is 34.4 Å². The van der Waals surface area contributed by atoms with Gasteiger partial charge in [-0.25, -0.2) is 0 Å². The van der Waals surface area contributed by atoms with Crippen molar-refractivity contribution >= 4 is 29.1 Å². The van der Waals surface area contributed by atoms with Crippen molar-refractivity contribution in [1.29, 1.82) is 0 Å². The molecule has 33 heavy (non-hydrogen) atoms. The van der Waals surface area contributed by atoms with E-state index in [2.05, 4.69) is 15.5 Å². The number of nitrogens with one attached hydrogen (secondary N) is 1. The van der Waals surface area contributed by atoms with Crippen molar-refractivity contribution in [2.75, 3.05) is 12.4 Å². The van der Waals surface area contributed by atoms with Crippen LogP contribution in [0, 0.1) is 0 Å². The number of anilines is 1. The highest BCUT2D eigenvalue weighted by Crippen LogP contribution is 2.32. The van der Waals surface area contributed by atoms with Crippen molar-refractivity contribution in [2.24, 2.45) is 7.05 Å². The Kier molecular flexibility index (Phi) is 8.11. The summed E-state index contributed by atoms with van der Waals surface area (Å²) >= 11 is 1.34. The third-order valence-electron chi connectivity index (χ3n) is 5.05. The van der Waals surface area contributed by atoms with Gasteiger partial charge in [0.05, 0.1) is 12.4 Å². The number of Topliss-reactive ketones (excluding diaryl/α,β-unsaturated/α-hetero) is 1. The van der Waals surface area contributed by atoms with Crippen LogP contribution in [0.3, 0.4) is 0 Å². The maximum Gasteiger partial charge on any atom is 0.237 e. The Morgan fingerprint density at radius 2 is 1.85 bits per heavy atom. The Labute approximate surface area is 197 Å². The highest BCUT2D eigenvalue weighted by molar-refractivity contribution is 8.00. The van der Waals surface area contributed by atoms with E-state index < -0.39 is 0 Å². The normalized spacial score (nSPS) is 12.6. The van der Waals surface area contributed by atoms with Crippen LogP contribution in [0.15, 0.2) is 53.7 Å². The molecule has 3 aromatic rings. The average Bonchev–Trinajstić information content (AvgIpc) is 3.17. The number of ether oxygens (including phenoxy) is 2. The number of aromatic nitrogens is 3. The third kappa shape index (κ3) is 5.92. The first kappa shape index (κ1) is 24.3. The zero-order valence-corrected chi connectivity index (χ0v) is 20.2. The van der Waals surface area contributed by atoms with Crippen LogP contribution < -0.4 is 14.8 Å². The molecule has 3 rings (SSSR count). The zero-order valence-electron chi connectivity index (χ0n) is 19.4. The number of nitrogens with zero attached hydrogens (tertiary/aromatic N) is 3. The van der Waals surface area contributed by atoms with Gasteiger partial charge in [-0.05, 0) is 44.5 Å². The van der Waals surface area contributed by atoms with E-state index in [0.717, 1.165) is 0 Å². The third-order valence-corrected chi connectivity index (χ3v) is 6.45. The van der Waals surface area contributed by atoms with E-state index in [1.54, 1.807) is 31.4 Å². The van der Waals surface area contributed by atoms with Gasteiger partial charge >= 0.3 is 0 Å². The number of thioether (sulfide) groups is 1. The Morgan fingerprint density at radius 1 is 1.12 bits per heavy atom. The molecule has 2 aromatic carbocycles. The van der Waals surface area contributed by atoms with Gasteiger partial charge in [-0.2, -0.15) is 0 Å². The maximum atomic E-state index is 12.9. The molecule has 2 unspecified atom stereocenters. The predicted octanol–water partition coefficient (Wildman–Crippen LogP) is 4.68. The first-order chi connectivity index (χ1) is 15.8. The Balaban J connectivity index is 1.70. The molecular weight excluding hydrogens is 440 g/mol. The quantitative estimate of drug-likeness (QED) is 0.341. The van der Waals surface area contributed by atoms with Gasteiger partial charge in [0, 0.05) is 18.3 Å². The number of hydrogen-bond donors (Lipinski definition) is 1. The smallest absolute Gasteiger partial charge is 0.237 e. The molecule has 1 heterocycles. The number of rotatable bonds is 10. The Morgan fingerprint density at radius 3 is 2.52 bits per heavy atom. The summed E-state index contributed by atoms with van der Waals surface area (Å²) in [4.78, 5) is 24.5. The van der Waals surface area contributed by atoms with E-state index in [9.17, 15) is 9.59 Å². The van der Waals surface area contributed by atoms with Crippen LogP contribution in [0.5, 0.6) is 11.5 Å². The number of amides is 1. The minimum atomic E-state index is -0.382. The molecule has 1 aromatic heterocycles. The summed E-state index contributed by atoms with van der Waals surface area (Å²) < 4.78 is 13.2. The van der Waals surface area contributed by atoms with Crippen molar-refractivity contribution in [1.82, 2.24) is 14.8 Å². The summed E-state index contributed by atoms with van der Waals surface area (Å²) in [5.74, 6) is 1.67. The number of methoxy groups -OCH3 is 1. The van der Waals surface area contributed by atoms with Crippen LogP contribution in [-0.2, 0) is 11.8 Å². The summed E-state index contributed by atoms with van der Waals surface area (Å²) in [6.45, 7) is 5.32. The Bertz CT molecular complexity index is 1130. The summed E-state index contributed by atoms with van der Waals surface area (Å²) in [6.07, 6.45) is 0.217. The first-order valence-corrected chi connectivity index (χ1v) is 11.5. The average molecular weight is 469 g/mol. The molecule has 0 aliphatic heterocycles. The summed E-state index contributed by atoms with van der Waals surface area (Å²) in [5.41, 5.74) is 1.14. The van der Waals surface area contributed by atoms with Gasteiger partial charge < -0.3 is 19.4 Å². The summed E-state index contributed by atoms with van der Waals surface area (Å²) in [5, 5.41) is 11.7. The fraction of sp³-hybridized carbons (Fsp3) is 0.333. The second-order valence-corrected chi connectivity index (χ2v) is 8.62. The second-order valence-electron chi connectivity index (χ2n) is 7.45. The van der Waals surface area contributed by atoms with E-state index in [0.29, 0.717) is 40.2 Å². The van der Waals surface area contributed by atoms with E-state index in [1.807, 2.05) is 49.7 Å². The van der Waals surface area contributed by atoms with Crippen molar-refractivity contribution < 1.29 is 19.1 Å². The molecule has 0 bridgehead atoms. The molecule has 0 saturated carbocycles. The van der Waals surface area contributed by atoms with Gasteiger partial charge in [-0.3, -0.25) is 9.59 Å². The van der Waals surface area contributed by atoms with Crippen LogP contribution >= 0.6 is 11.8 Å². The van der Waals surface area contributed by atoms with E-state index in [-0.39, 0.29) is 23.0 Å². The summed E-state index contributed by atoms with van der Waals surface area (Å²) in [7, 11) is 3.44. The van der Waals surface area contributed by atoms with E-state index in [4.69, 9.17) is 9.47 Å². The standard InChI is InChI=1S/C24H28N4O4S/c1-6-21(23(30)25-18-11-9-10-17(14-18)15(2)29)33-24-27-26-22(28(24)4)16(3)32-20-13-8-7-12-19(20)31-5/h7-14,16,21H,6H2,1-5H3,(H,25,30). The van der Waals surface area contributed by atoms with Gasteiger partial charge in [-0.15, -0.1) is 10.2 Å². The highest BCUT2D eigenvalue weighted by Gasteiger charge is 2.24. The predicted molar refractivity (Wildman–Crippen MR) is 128 cm³/mol. The molecule has 0 radical (unpaired) electrons. The molecule has 1 amide bonds. The Hall–Kier alpha value is -3.33. The lowest BCUT2D eigenvalue weighted by Crippen LogP contribution is -2.25. The van der Waals surface area contributed by atoms with Gasteiger partial charge in [0.2, 0.25) is 5.91 Å². The van der Waals surface area contributed by atoms with Crippen molar-refractivity contribution in [3.63, 3.8) is 0 Å². The van der Waals surface area contributed by atoms with Gasteiger partial charge in [-0.1, -0.05) is 43.0 Å². The number of para-hydroxylation sites is 2. The maximum absolute atomic E-state index is 12.9. The van der Waals surface area contributed by atoms with Crippen LogP contribution in [-0.4, -0.2) is 38.8 Å². The van der Waals surface area contributed by atoms with Crippen LogP contribution in [0.25, 0.3) is 0 Å². The molecule has 0 saturated heterocycles. The highest BCUT2D eigenvalue weighted by atomic mass is 32.2. The van der Waals surface area contributed by atoms with E-state index in [1.165, 1.54) is 18.7 Å². The number of carbonyl (C=O) groups excluding carboxylic acids is 2. The van der Waals surface area contributed by atoms with Crippen LogP contribution in [0.2, 0.25) is 0 Å². The lowest BCUT2D eigenvalue weighted by atomic mass is 10.1. The SMILES string of the molecule is CCC(Sc1nnc(C(C)Oc2ccccc2OC)n1C)C(=O)Nc1cccc(C(C)=O)c1. The van der Waals surface area contributed by atoms with E-state index >= 15 is 0 Å². The topological polar surface area (TPSA) is 95.3 Å². The molecule has 0 aliphatic carbocycles. The van der Waals surface area contributed by atoms with Crippen molar-refractivity contribution in [3.05, 3.63) is 59.9 Å². The van der Waals surface area contributed by atoms with Crippen molar-refractivity contribution in [3.8, 4) is 11.5 Å². The first-order valence-electron chi connectivity index (χ1n) is 10.6. The molecule has 8 nitrogen and oxygen atoms in total. The van der Waals surface area contributed by atoms with Gasteiger partial charge in [0.1, 0.15) is 0 Å². The molecule has 174 valence electrons. The molecule has 9 heteroatoms. The fourth-order valence-corrected chi connectivity index (χ4v) is 4.16. The molecule has 1 N–H and O–H groups in total. The van der Waals surface area contributed by atoms with Crippen LogP contribution in [0.1, 0.15) is 49.5 Å². The van der Waals surface area contributed by atoms with Crippen LogP contribution in [0.4, 0.5) is 5.69 Å². The second kappa shape index (κ2) is 11.0. The van der Waals surface area contributed by atoms with Gasteiger partial charge in [0.25, 0.3) is 0 Å². The lowest BCUT2D eigenvalue weighted by molar-refractivity contribution is -0.115. The largest absolute Gasteiger partial charge is 0.493 e. The van der Waals surface area contributed by atoms with Crippen molar-refractivity contribution in [2.45, 2.75) is 43.7 Å². The molecular formula is C24H28N4O4S. The number of carbonyl (C=O) groups is 2. The molecule has 0 fully saturated rings. The monoisotopic (exact) mass is 468 g/mol. The summed E-state index contributed by atoms with van der Waals surface area (Å²) in [6, 6.07) is 14.3. The minimum absolute atomic E-state index is 0.0522. The molecule has 2 atom stereocenters. The number of benzene rings is 2. The molecule has 0 aliphatic rings. The number of hydrogen-bond acceptors (Lipinski definition) is 7. The fourth-order valence-electron chi connectivity index (χ4n) is 3.23. The zero-order chi connectivity index (χ0) is 24.0. The minimum Gasteiger partial charge on any atom is -0.493 e.